The molecule has 1 fully saturated rings. The van der Waals surface area contributed by atoms with Gasteiger partial charge >= 0.3 is 5.97 Å². The van der Waals surface area contributed by atoms with E-state index in [0.717, 1.165) is 22.3 Å². The third kappa shape index (κ3) is 4.22. The second kappa shape index (κ2) is 7.71. The van der Waals surface area contributed by atoms with Crippen LogP contribution in [0.3, 0.4) is 0 Å². The van der Waals surface area contributed by atoms with Crippen LogP contribution in [0.4, 0.5) is 4.79 Å². The van der Waals surface area contributed by atoms with Crippen molar-refractivity contribution >= 4 is 35.0 Å². The maximum absolute atomic E-state index is 12.5. The summed E-state index contributed by atoms with van der Waals surface area (Å²) in [5.41, 5.74) is 1.49. The molecule has 0 bridgehead atoms. The smallest absolute Gasteiger partial charge is 0.326 e. The molecule has 1 aromatic carbocycles. The van der Waals surface area contributed by atoms with E-state index in [4.69, 9.17) is 4.74 Å². The second-order valence-corrected chi connectivity index (χ2v) is 7.12. The highest BCUT2D eigenvalue weighted by Gasteiger charge is 2.37. The maximum Gasteiger partial charge on any atom is 0.326 e. The van der Waals surface area contributed by atoms with E-state index in [1.165, 1.54) is 0 Å². The van der Waals surface area contributed by atoms with Crippen LogP contribution in [0.15, 0.2) is 47.5 Å². The van der Waals surface area contributed by atoms with Gasteiger partial charge in [0.1, 0.15) is 12.3 Å². The van der Waals surface area contributed by atoms with Crippen molar-refractivity contribution in [3.05, 3.63) is 53.2 Å². The Morgan fingerprint density at radius 1 is 1.22 bits per heavy atom. The number of carbonyl (C=O) groups is 3. The highest BCUT2D eigenvalue weighted by atomic mass is 32.2. The SMILES string of the molecule is CC(C)OC(=O)CN1C(=O)S/C(=C/c2cccn2-c2ccc(O)cc2)C1=O. The van der Waals surface area contributed by atoms with Gasteiger partial charge in [-0.15, -0.1) is 0 Å². The fraction of sp³-hybridized carbons (Fsp3) is 0.211. The molecule has 7 nitrogen and oxygen atoms in total. The van der Waals surface area contributed by atoms with Crippen LogP contribution in [0, 0.1) is 0 Å². The molecule has 2 aromatic rings. The van der Waals surface area contributed by atoms with Crippen molar-refractivity contribution in [1.29, 1.82) is 0 Å². The van der Waals surface area contributed by atoms with Crippen molar-refractivity contribution in [2.75, 3.05) is 6.54 Å². The van der Waals surface area contributed by atoms with Gasteiger partial charge in [0.05, 0.1) is 11.0 Å². The van der Waals surface area contributed by atoms with Crippen molar-refractivity contribution in [2.24, 2.45) is 0 Å². The molecule has 8 heteroatoms. The fourth-order valence-corrected chi connectivity index (χ4v) is 3.38. The summed E-state index contributed by atoms with van der Waals surface area (Å²) in [4.78, 5) is 37.5. The summed E-state index contributed by atoms with van der Waals surface area (Å²) < 4.78 is 6.82. The molecule has 2 heterocycles. The molecule has 0 atom stereocenters. The number of phenolic OH excluding ortho intramolecular Hbond substituents is 1. The van der Waals surface area contributed by atoms with Gasteiger partial charge in [-0.1, -0.05) is 0 Å². The molecule has 0 aliphatic carbocycles. The summed E-state index contributed by atoms with van der Waals surface area (Å²) in [7, 11) is 0. The summed E-state index contributed by atoms with van der Waals surface area (Å²) in [5.74, 6) is -0.993. The van der Waals surface area contributed by atoms with Crippen molar-refractivity contribution in [3.8, 4) is 11.4 Å². The van der Waals surface area contributed by atoms with Gasteiger partial charge < -0.3 is 14.4 Å². The molecular formula is C19H18N2O5S. The minimum atomic E-state index is -0.624. The average molecular weight is 386 g/mol. The molecule has 1 aliphatic heterocycles. The minimum absolute atomic E-state index is 0.154. The highest BCUT2D eigenvalue weighted by molar-refractivity contribution is 8.18. The number of imide groups is 1. The summed E-state index contributed by atoms with van der Waals surface area (Å²) in [5, 5.41) is 8.92. The quantitative estimate of drug-likeness (QED) is 0.627. The molecule has 0 unspecified atom stereocenters. The van der Waals surface area contributed by atoms with E-state index in [2.05, 4.69) is 0 Å². The van der Waals surface area contributed by atoms with E-state index in [1.54, 1.807) is 50.3 Å². The van der Waals surface area contributed by atoms with Crippen LogP contribution in [0.25, 0.3) is 11.8 Å². The molecule has 2 amide bonds. The first-order chi connectivity index (χ1) is 12.8. The number of esters is 1. The minimum Gasteiger partial charge on any atom is -0.508 e. The van der Waals surface area contributed by atoms with Crippen LogP contribution in [0.2, 0.25) is 0 Å². The van der Waals surface area contributed by atoms with Gasteiger partial charge in [0.25, 0.3) is 11.1 Å². The van der Waals surface area contributed by atoms with Crippen molar-refractivity contribution < 1.29 is 24.2 Å². The van der Waals surface area contributed by atoms with Crippen LogP contribution >= 0.6 is 11.8 Å². The Bertz CT molecular complexity index is 914. The molecule has 0 saturated carbocycles. The monoisotopic (exact) mass is 386 g/mol. The maximum atomic E-state index is 12.5. The third-order valence-electron chi connectivity index (χ3n) is 3.72. The molecule has 0 radical (unpaired) electrons. The molecule has 1 aromatic heterocycles. The third-order valence-corrected chi connectivity index (χ3v) is 4.62. The van der Waals surface area contributed by atoms with E-state index in [0.29, 0.717) is 5.69 Å². The number of phenols is 1. The van der Waals surface area contributed by atoms with Crippen molar-refractivity contribution in [2.45, 2.75) is 20.0 Å². The van der Waals surface area contributed by atoms with Gasteiger partial charge in [-0.2, -0.15) is 0 Å². The predicted molar refractivity (Wildman–Crippen MR) is 101 cm³/mol. The number of aromatic hydroxyl groups is 1. The molecule has 1 saturated heterocycles. The zero-order valence-electron chi connectivity index (χ0n) is 14.8. The Balaban J connectivity index is 1.82. The van der Waals surface area contributed by atoms with Gasteiger partial charge in [0.15, 0.2) is 0 Å². The van der Waals surface area contributed by atoms with Crippen LogP contribution < -0.4 is 0 Å². The highest BCUT2D eigenvalue weighted by Crippen LogP contribution is 2.32. The Kier molecular flexibility index (Phi) is 5.36. The predicted octanol–water partition coefficient (Wildman–Crippen LogP) is 3.17. The summed E-state index contributed by atoms with van der Waals surface area (Å²) in [6.07, 6.45) is 3.09. The van der Waals surface area contributed by atoms with Gasteiger partial charge in [0.2, 0.25) is 0 Å². The molecule has 1 N–H and O–H groups in total. The largest absolute Gasteiger partial charge is 0.508 e. The summed E-state index contributed by atoms with van der Waals surface area (Å²) >= 11 is 0.785. The topological polar surface area (TPSA) is 88.8 Å². The number of nitrogens with zero attached hydrogens (tertiary/aromatic N) is 2. The Hall–Kier alpha value is -3.00. The lowest BCUT2D eigenvalue weighted by Gasteiger charge is -2.13. The second-order valence-electron chi connectivity index (χ2n) is 6.13. The van der Waals surface area contributed by atoms with E-state index in [-0.39, 0.29) is 16.8 Å². The summed E-state index contributed by atoms with van der Waals surface area (Å²) in [6, 6.07) is 10.2. The van der Waals surface area contributed by atoms with Crippen LogP contribution in [-0.2, 0) is 14.3 Å². The zero-order valence-corrected chi connectivity index (χ0v) is 15.6. The van der Waals surface area contributed by atoms with Crippen molar-refractivity contribution in [3.63, 3.8) is 0 Å². The number of carbonyl (C=O) groups excluding carboxylic acids is 3. The lowest BCUT2D eigenvalue weighted by molar-refractivity contribution is -0.149. The standard InChI is InChI=1S/C19H18N2O5S/c1-12(2)26-17(23)11-21-18(24)16(27-19(21)25)10-14-4-3-9-20(14)13-5-7-15(22)8-6-13/h3-10,12,22H,11H2,1-2H3/b16-10+. The molecule has 0 spiro atoms. The number of hydrogen-bond acceptors (Lipinski definition) is 6. The zero-order chi connectivity index (χ0) is 19.6. The number of ether oxygens (including phenoxy) is 1. The van der Waals surface area contributed by atoms with E-state index in [9.17, 15) is 19.5 Å². The van der Waals surface area contributed by atoms with E-state index in [1.807, 2.05) is 16.8 Å². The first kappa shape index (κ1) is 18.8. The van der Waals surface area contributed by atoms with E-state index < -0.39 is 23.7 Å². The lowest BCUT2D eigenvalue weighted by atomic mass is 10.3. The number of amides is 2. The lowest BCUT2D eigenvalue weighted by Crippen LogP contribution is -2.35. The van der Waals surface area contributed by atoms with Crippen LogP contribution in [0.1, 0.15) is 19.5 Å². The van der Waals surface area contributed by atoms with Crippen LogP contribution in [-0.4, -0.2) is 44.3 Å². The molecule has 1 aliphatic rings. The van der Waals surface area contributed by atoms with Gasteiger partial charge in [-0.3, -0.25) is 19.3 Å². The molecule has 3 rings (SSSR count). The first-order valence-corrected chi connectivity index (χ1v) is 9.08. The summed E-state index contributed by atoms with van der Waals surface area (Å²) in [6.45, 7) is 2.99. The normalized spacial score (nSPS) is 15.8. The van der Waals surface area contributed by atoms with Gasteiger partial charge in [-0.05, 0) is 68.1 Å². The van der Waals surface area contributed by atoms with Gasteiger partial charge in [-0.25, -0.2) is 0 Å². The molecular weight excluding hydrogens is 368 g/mol. The first-order valence-electron chi connectivity index (χ1n) is 8.27. The fourth-order valence-electron chi connectivity index (χ4n) is 2.56. The number of hydrogen-bond donors (Lipinski definition) is 1. The van der Waals surface area contributed by atoms with Gasteiger partial charge in [0, 0.05) is 17.6 Å². The Morgan fingerprint density at radius 3 is 2.59 bits per heavy atom. The van der Waals surface area contributed by atoms with Crippen LogP contribution in [0.5, 0.6) is 5.75 Å². The average Bonchev–Trinajstić information content (AvgIpc) is 3.15. The number of thioether (sulfide) groups is 1. The number of aromatic nitrogens is 1. The molecule has 140 valence electrons. The van der Waals surface area contributed by atoms with E-state index >= 15 is 0 Å². The Labute approximate surface area is 160 Å². The molecule has 27 heavy (non-hydrogen) atoms. The van der Waals surface area contributed by atoms with Crippen molar-refractivity contribution in [1.82, 2.24) is 9.47 Å². The number of rotatable bonds is 5. The Morgan fingerprint density at radius 2 is 1.93 bits per heavy atom. The number of benzene rings is 1.